The third kappa shape index (κ3) is 7.06. The standard InChI is InChI=1S/C34H39N7O4/c1-23-31(25-13-15-35-29(19-25)33(42)36-26-14-17-45-22-26)39-41(27-11-7-4-8-12-27)32(23)38-34(43)37-30-21-40(16-18-44-2)20-28(30)24-9-5-3-6-10-24/h3-13,15,19,26,28,30H,14,16-18,20-22H2,1-2H3,(H,36,42)(H2,37,38,43)/t26-,28-,30+/m0/s1. The topological polar surface area (TPSA) is 123 Å². The number of nitrogens with zero attached hydrogens (tertiary/aromatic N) is 4. The molecule has 2 saturated heterocycles. The van der Waals surface area contributed by atoms with Crippen LogP contribution >= 0.6 is 0 Å². The average Bonchev–Trinajstić information content (AvgIpc) is 3.81. The molecule has 3 atom stereocenters. The number of carbonyl (C=O) groups is 2. The Bertz CT molecular complexity index is 1610. The van der Waals surface area contributed by atoms with Crippen molar-refractivity contribution in [3.05, 3.63) is 95.8 Å². The number of pyridine rings is 1. The van der Waals surface area contributed by atoms with Crippen molar-refractivity contribution in [3.63, 3.8) is 0 Å². The van der Waals surface area contributed by atoms with Crippen LogP contribution in [0.4, 0.5) is 10.6 Å². The van der Waals surface area contributed by atoms with E-state index in [9.17, 15) is 9.59 Å². The fraction of sp³-hybridized carbons (Fsp3) is 0.353. The van der Waals surface area contributed by atoms with Gasteiger partial charge in [-0.2, -0.15) is 5.10 Å². The number of rotatable bonds is 10. The molecule has 2 aliphatic heterocycles. The number of amides is 3. The van der Waals surface area contributed by atoms with Gasteiger partial charge in [-0.05, 0) is 43.2 Å². The number of carbonyl (C=O) groups excluding carboxylic acids is 2. The summed E-state index contributed by atoms with van der Waals surface area (Å²) in [7, 11) is 1.70. The van der Waals surface area contributed by atoms with Crippen LogP contribution in [0.15, 0.2) is 79.0 Å². The predicted octanol–water partition coefficient (Wildman–Crippen LogP) is 4.00. The molecule has 2 fully saturated rings. The third-order valence-corrected chi connectivity index (χ3v) is 8.44. The molecule has 4 heterocycles. The lowest BCUT2D eigenvalue weighted by Crippen LogP contribution is -2.42. The highest BCUT2D eigenvalue weighted by atomic mass is 16.5. The summed E-state index contributed by atoms with van der Waals surface area (Å²) in [5, 5.41) is 14.3. The molecule has 0 radical (unpaired) electrons. The zero-order valence-electron chi connectivity index (χ0n) is 25.6. The molecule has 2 aliphatic rings. The first-order valence-electron chi connectivity index (χ1n) is 15.3. The van der Waals surface area contributed by atoms with Gasteiger partial charge >= 0.3 is 6.03 Å². The third-order valence-electron chi connectivity index (χ3n) is 8.44. The minimum atomic E-state index is -0.310. The van der Waals surface area contributed by atoms with E-state index in [1.807, 2.05) is 61.5 Å². The van der Waals surface area contributed by atoms with Gasteiger partial charge in [-0.1, -0.05) is 48.5 Å². The van der Waals surface area contributed by atoms with Crippen LogP contribution in [0.5, 0.6) is 0 Å². The number of anilines is 1. The summed E-state index contributed by atoms with van der Waals surface area (Å²) in [5.41, 5.74) is 4.42. The summed E-state index contributed by atoms with van der Waals surface area (Å²) < 4.78 is 12.4. The minimum Gasteiger partial charge on any atom is -0.383 e. The molecule has 2 aromatic heterocycles. The maximum absolute atomic E-state index is 13.7. The lowest BCUT2D eigenvalue weighted by molar-refractivity contribution is 0.0925. The van der Waals surface area contributed by atoms with Crippen molar-refractivity contribution in [2.75, 3.05) is 51.9 Å². The number of ether oxygens (including phenoxy) is 2. The summed E-state index contributed by atoms with van der Waals surface area (Å²) >= 11 is 0. The fourth-order valence-corrected chi connectivity index (χ4v) is 6.07. The van der Waals surface area contributed by atoms with Crippen molar-refractivity contribution in [2.24, 2.45) is 0 Å². The zero-order chi connectivity index (χ0) is 31.2. The van der Waals surface area contributed by atoms with E-state index < -0.39 is 0 Å². The first-order valence-corrected chi connectivity index (χ1v) is 15.3. The Morgan fingerprint density at radius 1 is 1.02 bits per heavy atom. The smallest absolute Gasteiger partial charge is 0.320 e. The Kier molecular flexibility index (Phi) is 9.49. The molecule has 0 bridgehead atoms. The summed E-state index contributed by atoms with van der Waals surface area (Å²) in [5.74, 6) is 0.432. The van der Waals surface area contributed by atoms with Crippen LogP contribution in [-0.2, 0) is 9.47 Å². The summed E-state index contributed by atoms with van der Waals surface area (Å²) in [4.78, 5) is 33.3. The van der Waals surface area contributed by atoms with Gasteiger partial charge in [0.2, 0.25) is 0 Å². The maximum Gasteiger partial charge on any atom is 0.320 e. The van der Waals surface area contributed by atoms with Gasteiger partial charge in [-0.15, -0.1) is 0 Å². The number of para-hydroxylation sites is 1. The molecule has 3 amide bonds. The predicted molar refractivity (Wildman–Crippen MR) is 172 cm³/mol. The molecule has 2 aromatic carbocycles. The van der Waals surface area contributed by atoms with Gasteiger partial charge in [0.15, 0.2) is 0 Å². The van der Waals surface area contributed by atoms with Gasteiger partial charge < -0.3 is 20.1 Å². The van der Waals surface area contributed by atoms with Crippen molar-refractivity contribution < 1.29 is 19.1 Å². The summed E-state index contributed by atoms with van der Waals surface area (Å²) in [6.07, 6.45) is 2.39. The highest BCUT2D eigenvalue weighted by molar-refractivity contribution is 5.94. The largest absolute Gasteiger partial charge is 0.383 e. The number of likely N-dealkylation sites (tertiary alicyclic amines) is 1. The molecule has 0 unspecified atom stereocenters. The van der Waals surface area contributed by atoms with E-state index in [4.69, 9.17) is 14.6 Å². The Morgan fingerprint density at radius 3 is 2.53 bits per heavy atom. The van der Waals surface area contributed by atoms with E-state index in [1.54, 1.807) is 24.1 Å². The number of benzene rings is 2. The number of urea groups is 1. The molecule has 0 spiro atoms. The number of hydrogen-bond acceptors (Lipinski definition) is 7. The number of aromatic nitrogens is 3. The van der Waals surface area contributed by atoms with Gasteiger partial charge in [0.05, 0.1) is 36.7 Å². The Balaban J connectivity index is 1.26. The lowest BCUT2D eigenvalue weighted by atomic mass is 9.94. The fourth-order valence-electron chi connectivity index (χ4n) is 6.07. The van der Waals surface area contributed by atoms with Crippen LogP contribution in [0.3, 0.4) is 0 Å². The summed E-state index contributed by atoms with van der Waals surface area (Å²) in [6.45, 7) is 6.03. The van der Waals surface area contributed by atoms with Crippen LogP contribution in [0.2, 0.25) is 0 Å². The monoisotopic (exact) mass is 609 g/mol. The van der Waals surface area contributed by atoms with E-state index in [0.717, 1.165) is 36.3 Å². The molecular weight excluding hydrogens is 570 g/mol. The summed E-state index contributed by atoms with van der Waals surface area (Å²) in [6, 6.07) is 23.1. The normalized spacial score (nSPS) is 19.8. The van der Waals surface area contributed by atoms with Crippen LogP contribution in [-0.4, -0.2) is 90.3 Å². The molecule has 3 N–H and O–H groups in total. The van der Waals surface area contributed by atoms with Crippen molar-refractivity contribution >= 4 is 17.8 Å². The van der Waals surface area contributed by atoms with E-state index in [1.165, 1.54) is 5.56 Å². The first kappa shape index (κ1) is 30.4. The molecule has 11 nitrogen and oxygen atoms in total. The molecular formula is C34H39N7O4. The van der Waals surface area contributed by atoms with Crippen LogP contribution in [0, 0.1) is 6.92 Å². The molecule has 234 valence electrons. The SMILES string of the molecule is COCCN1C[C@@H](NC(=O)Nc2c(C)c(-c3ccnc(C(=O)N[C@H]4CCOC4)c3)nn2-c2ccccc2)[C@H](c2ccccc2)C1. The van der Waals surface area contributed by atoms with Crippen LogP contribution < -0.4 is 16.0 Å². The van der Waals surface area contributed by atoms with Gasteiger partial charge in [0.1, 0.15) is 11.5 Å². The number of nitrogens with one attached hydrogen (secondary N) is 3. The molecule has 45 heavy (non-hydrogen) atoms. The van der Waals surface area contributed by atoms with Crippen molar-refractivity contribution in [2.45, 2.75) is 31.3 Å². The number of hydrogen-bond donors (Lipinski definition) is 3. The van der Waals surface area contributed by atoms with Gasteiger partial charge in [0, 0.05) is 56.6 Å². The van der Waals surface area contributed by atoms with Crippen molar-refractivity contribution in [3.8, 4) is 16.9 Å². The number of methoxy groups -OCH3 is 1. The van der Waals surface area contributed by atoms with E-state index in [2.05, 4.69) is 38.0 Å². The molecule has 4 aromatic rings. The van der Waals surface area contributed by atoms with E-state index >= 15 is 0 Å². The highest BCUT2D eigenvalue weighted by Gasteiger charge is 2.35. The lowest BCUT2D eigenvalue weighted by Gasteiger charge is -2.21. The van der Waals surface area contributed by atoms with Crippen molar-refractivity contribution in [1.29, 1.82) is 0 Å². The Morgan fingerprint density at radius 2 is 1.80 bits per heavy atom. The van der Waals surface area contributed by atoms with Crippen LogP contribution in [0.25, 0.3) is 16.9 Å². The van der Waals surface area contributed by atoms with Gasteiger partial charge in [-0.3, -0.25) is 20.0 Å². The highest BCUT2D eigenvalue weighted by Crippen LogP contribution is 2.32. The van der Waals surface area contributed by atoms with Crippen molar-refractivity contribution in [1.82, 2.24) is 30.3 Å². The Labute approximate surface area is 262 Å². The zero-order valence-corrected chi connectivity index (χ0v) is 25.6. The molecule has 6 rings (SSSR count). The van der Waals surface area contributed by atoms with Gasteiger partial charge in [0.25, 0.3) is 5.91 Å². The second-order valence-corrected chi connectivity index (χ2v) is 11.5. The van der Waals surface area contributed by atoms with E-state index in [0.29, 0.717) is 43.6 Å². The second-order valence-electron chi connectivity index (χ2n) is 11.5. The maximum atomic E-state index is 13.7. The Hall–Kier alpha value is -4.58. The minimum absolute atomic E-state index is 0.0234. The quantitative estimate of drug-likeness (QED) is 0.249. The first-order chi connectivity index (χ1) is 22.0. The molecule has 0 saturated carbocycles. The second kappa shape index (κ2) is 14.0. The molecule has 11 heteroatoms. The average molecular weight is 610 g/mol. The molecule has 0 aliphatic carbocycles. The van der Waals surface area contributed by atoms with E-state index in [-0.39, 0.29) is 29.9 Å². The van der Waals surface area contributed by atoms with Gasteiger partial charge in [-0.25, -0.2) is 9.48 Å². The van der Waals surface area contributed by atoms with Crippen LogP contribution in [0.1, 0.15) is 34.0 Å².